The third kappa shape index (κ3) is 2.35. The summed E-state index contributed by atoms with van der Waals surface area (Å²) < 4.78 is 9.32. The summed E-state index contributed by atoms with van der Waals surface area (Å²) in [4.78, 5) is 11.1. The van der Waals surface area contributed by atoms with Crippen molar-refractivity contribution in [3.8, 4) is 0 Å². The summed E-state index contributed by atoms with van der Waals surface area (Å²) in [5.74, 6) is -0.0545. The van der Waals surface area contributed by atoms with Gasteiger partial charge in [0.15, 0.2) is 0 Å². The molecule has 0 heterocycles. The second-order valence-corrected chi connectivity index (χ2v) is 3.26. The zero-order valence-electron chi connectivity index (χ0n) is 7.09. The van der Waals surface area contributed by atoms with Crippen molar-refractivity contribution in [1.82, 2.24) is 0 Å². The van der Waals surface area contributed by atoms with Crippen LogP contribution in [0.5, 0.6) is 0 Å². The lowest BCUT2D eigenvalue weighted by atomic mass is 9.88. The summed E-state index contributed by atoms with van der Waals surface area (Å²) in [6.07, 6.45) is 3.47. The molecule has 0 bridgehead atoms. The lowest BCUT2D eigenvalue weighted by Gasteiger charge is -2.24. The second kappa shape index (κ2) is 4.67. The van der Waals surface area contributed by atoms with Crippen molar-refractivity contribution in [1.29, 1.82) is 0 Å². The Morgan fingerprint density at radius 2 is 1.92 bits per heavy atom. The highest BCUT2D eigenvalue weighted by Gasteiger charge is 2.26. The van der Waals surface area contributed by atoms with Crippen molar-refractivity contribution in [3.05, 3.63) is 0 Å². The van der Waals surface area contributed by atoms with Crippen molar-refractivity contribution >= 4 is 17.8 Å². The normalized spacial score (nSPS) is 29.8. The van der Waals surface area contributed by atoms with Gasteiger partial charge in [0.1, 0.15) is 0 Å². The summed E-state index contributed by atoms with van der Waals surface area (Å²) in [5.41, 5.74) is 0. The molecule has 4 heteroatoms. The first kappa shape index (κ1) is 9.81. The first-order valence-electron chi connectivity index (χ1n) is 4.13. The summed E-state index contributed by atoms with van der Waals surface area (Å²) in [5, 5.41) is 0. The maximum Gasteiger partial charge on any atom is 0.308 e. The van der Waals surface area contributed by atoms with Crippen LogP contribution in [0.2, 0.25) is 0 Å². The Balaban J connectivity index is 2.30. The molecule has 0 aliphatic heterocycles. The van der Waals surface area contributed by atoms with Crippen LogP contribution in [0.1, 0.15) is 25.7 Å². The van der Waals surface area contributed by atoms with Crippen LogP contribution < -0.4 is 0 Å². The minimum absolute atomic E-state index is 0.0538. The van der Waals surface area contributed by atoms with E-state index in [2.05, 4.69) is 9.03 Å². The molecule has 12 heavy (non-hydrogen) atoms. The van der Waals surface area contributed by atoms with Crippen molar-refractivity contribution < 1.29 is 13.8 Å². The van der Waals surface area contributed by atoms with E-state index in [0.717, 1.165) is 25.7 Å². The van der Waals surface area contributed by atoms with Gasteiger partial charge in [-0.1, -0.05) is 0 Å². The molecule has 0 aromatic heterocycles. The Morgan fingerprint density at radius 3 is 2.33 bits per heavy atom. The van der Waals surface area contributed by atoms with Gasteiger partial charge in [0.2, 0.25) is 0 Å². The van der Waals surface area contributed by atoms with Gasteiger partial charge in [-0.15, -0.1) is 0 Å². The predicted molar refractivity (Wildman–Crippen MR) is 44.7 cm³/mol. The molecule has 0 aromatic carbocycles. The van der Waals surface area contributed by atoms with E-state index in [0.29, 0.717) is 0 Å². The number of halogens is 1. The summed E-state index contributed by atoms with van der Waals surface area (Å²) in [7, 11) is 1.42. The minimum atomic E-state index is -0.108. The Morgan fingerprint density at radius 1 is 1.33 bits per heavy atom. The van der Waals surface area contributed by atoms with E-state index in [4.69, 9.17) is 11.9 Å². The van der Waals surface area contributed by atoms with Gasteiger partial charge >= 0.3 is 5.97 Å². The quantitative estimate of drug-likeness (QED) is 0.627. The van der Waals surface area contributed by atoms with Crippen LogP contribution in [0.25, 0.3) is 0 Å². The number of esters is 1. The van der Waals surface area contributed by atoms with Crippen LogP contribution >= 0.6 is 11.9 Å². The van der Waals surface area contributed by atoms with E-state index in [1.54, 1.807) is 0 Å². The van der Waals surface area contributed by atoms with Crippen molar-refractivity contribution in [2.24, 2.45) is 5.92 Å². The molecule has 0 saturated heterocycles. The molecule has 0 N–H and O–H groups in total. The summed E-state index contributed by atoms with van der Waals surface area (Å²) in [6, 6.07) is 0. The van der Waals surface area contributed by atoms with Crippen molar-refractivity contribution in [3.63, 3.8) is 0 Å². The van der Waals surface area contributed by atoms with E-state index in [1.807, 2.05) is 0 Å². The largest absolute Gasteiger partial charge is 0.469 e. The molecule has 1 saturated carbocycles. The topological polar surface area (TPSA) is 35.5 Å². The van der Waals surface area contributed by atoms with Crippen molar-refractivity contribution in [2.75, 3.05) is 7.11 Å². The third-order valence-electron chi connectivity index (χ3n) is 2.33. The number of hydrogen-bond donors (Lipinski definition) is 0. The van der Waals surface area contributed by atoms with E-state index in [1.165, 1.54) is 7.11 Å². The van der Waals surface area contributed by atoms with Crippen LogP contribution in [0, 0.1) is 5.92 Å². The molecular weight excluding hydrogens is 180 g/mol. The Bertz CT molecular complexity index is 152. The van der Waals surface area contributed by atoms with Crippen molar-refractivity contribution in [2.45, 2.75) is 31.8 Å². The maximum absolute atomic E-state index is 11.1. The Kier molecular flexibility index (Phi) is 3.82. The average molecular weight is 193 g/mol. The maximum atomic E-state index is 11.1. The monoisotopic (exact) mass is 192 g/mol. The van der Waals surface area contributed by atoms with Crippen LogP contribution in [0.4, 0.5) is 0 Å². The molecule has 0 amide bonds. The molecule has 0 spiro atoms. The number of ether oxygens (including phenoxy) is 1. The van der Waals surface area contributed by atoms with Crippen LogP contribution in [-0.2, 0) is 13.8 Å². The molecule has 1 aliphatic rings. The Labute approximate surface area is 77.2 Å². The number of methoxy groups -OCH3 is 1. The lowest BCUT2D eigenvalue weighted by Crippen LogP contribution is -2.25. The number of hydrogen-bond acceptors (Lipinski definition) is 3. The van der Waals surface area contributed by atoms with Gasteiger partial charge in [0.05, 0.1) is 31.0 Å². The van der Waals surface area contributed by atoms with Gasteiger partial charge in [-0.2, -0.15) is 0 Å². The zero-order chi connectivity index (χ0) is 8.97. The molecule has 70 valence electrons. The molecule has 1 rings (SSSR count). The predicted octanol–water partition coefficient (Wildman–Crippen LogP) is 1.89. The minimum Gasteiger partial charge on any atom is -0.469 e. The third-order valence-corrected chi connectivity index (χ3v) is 2.59. The molecular formula is C8H13ClO3. The van der Waals surface area contributed by atoms with E-state index in [9.17, 15) is 4.79 Å². The number of rotatable bonds is 2. The highest BCUT2D eigenvalue weighted by molar-refractivity contribution is 6.07. The van der Waals surface area contributed by atoms with Gasteiger partial charge in [0, 0.05) is 0 Å². The van der Waals surface area contributed by atoms with Crippen LogP contribution in [0.3, 0.4) is 0 Å². The molecule has 0 unspecified atom stereocenters. The fourth-order valence-corrected chi connectivity index (χ4v) is 1.73. The highest BCUT2D eigenvalue weighted by atomic mass is 35.5. The fourth-order valence-electron chi connectivity index (χ4n) is 1.55. The Hall–Kier alpha value is -0.280. The van der Waals surface area contributed by atoms with Gasteiger partial charge in [-0.3, -0.25) is 9.08 Å². The molecule has 3 nitrogen and oxygen atoms in total. The van der Waals surface area contributed by atoms with Gasteiger partial charge in [0.25, 0.3) is 0 Å². The fraction of sp³-hybridized carbons (Fsp3) is 0.875. The smallest absolute Gasteiger partial charge is 0.308 e. The van der Waals surface area contributed by atoms with Crippen LogP contribution in [0.15, 0.2) is 0 Å². The summed E-state index contributed by atoms with van der Waals surface area (Å²) >= 11 is 5.23. The van der Waals surface area contributed by atoms with E-state index in [-0.39, 0.29) is 18.0 Å². The summed E-state index contributed by atoms with van der Waals surface area (Å²) in [6.45, 7) is 0. The zero-order valence-corrected chi connectivity index (χ0v) is 7.84. The second-order valence-electron chi connectivity index (χ2n) is 3.09. The number of carbonyl (C=O) groups excluding carboxylic acids is 1. The van der Waals surface area contributed by atoms with Gasteiger partial charge < -0.3 is 4.74 Å². The first-order chi connectivity index (χ1) is 5.77. The lowest BCUT2D eigenvalue weighted by molar-refractivity contribution is -0.147. The van der Waals surface area contributed by atoms with Crippen LogP contribution in [-0.4, -0.2) is 19.2 Å². The van der Waals surface area contributed by atoms with Gasteiger partial charge in [-0.05, 0) is 25.7 Å². The number of carbonyl (C=O) groups is 1. The molecule has 0 aromatic rings. The molecule has 0 atom stereocenters. The molecule has 1 aliphatic carbocycles. The van der Waals surface area contributed by atoms with Gasteiger partial charge in [-0.25, -0.2) is 0 Å². The average Bonchev–Trinajstić information content (AvgIpc) is 2.17. The molecule has 1 fully saturated rings. The van der Waals surface area contributed by atoms with E-state index >= 15 is 0 Å². The highest BCUT2D eigenvalue weighted by Crippen LogP contribution is 2.27. The standard InChI is InChI=1S/C8H13ClO3/c1-11-8(10)6-2-4-7(12-9)5-3-6/h6-7H,2-5H2,1H3/t6-,7-. The van der Waals surface area contributed by atoms with E-state index < -0.39 is 0 Å². The SMILES string of the molecule is COC(=O)[C@H]1CC[C@H](OCl)CC1. The molecule has 0 radical (unpaired) electrons. The first-order valence-corrected chi connectivity index (χ1v) is 4.44.